The van der Waals surface area contributed by atoms with Gasteiger partial charge in [-0.3, -0.25) is 4.99 Å². The largest absolute Gasteiger partial charge is 0.352 e. The van der Waals surface area contributed by atoms with Gasteiger partial charge in [-0.25, -0.2) is 4.98 Å². The first-order valence-corrected chi connectivity index (χ1v) is 8.63. The average Bonchev–Trinajstić information content (AvgIpc) is 3.18. The average molecular weight is 464 g/mol. The summed E-state index contributed by atoms with van der Waals surface area (Å²) in [5.41, 5.74) is 1.76. The van der Waals surface area contributed by atoms with Crippen molar-refractivity contribution in [3.63, 3.8) is 0 Å². The topological polar surface area (TPSA) is 69.2 Å². The van der Waals surface area contributed by atoms with Crippen LogP contribution in [0.4, 0.5) is 0 Å². The number of guanidine groups is 1. The lowest BCUT2D eigenvalue weighted by molar-refractivity contribution is 0.189. The maximum Gasteiger partial charge on any atom is 0.193 e. The number of piperidine rings is 1. The number of aliphatic imine (C=N–C) groups is 1. The second-order valence-corrected chi connectivity index (χ2v) is 6.50. The molecule has 0 saturated carbocycles. The first kappa shape index (κ1) is 20.2. The van der Waals surface area contributed by atoms with E-state index in [9.17, 15) is 0 Å². The number of benzene rings is 1. The van der Waals surface area contributed by atoms with Crippen LogP contribution >= 0.6 is 24.0 Å². The Morgan fingerprint density at radius 1 is 1.46 bits per heavy atom. The van der Waals surface area contributed by atoms with E-state index in [0.717, 1.165) is 31.0 Å². The number of nitrogens with zero attached hydrogens (tertiary/aromatic N) is 5. The molecule has 1 aromatic carbocycles. The number of hydrogen-bond donors (Lipinski definition) is 1. The second kappa shape index (κ2) is 9.57. The number of nitrogens with one attached hydrogen (secondary N) is 1. The van der Waals surface area contributed by atoms with E-state index in [1.54, 1.807) is 0 Å². The molecule has 1 aliphatic heterocycles. The Bertz CT molecular complexity index is 765. The first-order valence-electron chi connectivity index (χ1n) is 8.63. The highest BCUT2D eigenvalue weighted by atomic mass is 127. The lowest BCUT2D eigenvalue weighted by Gasteiger charge is -2.39. The predicted octanol–water partition coefficient (Wildman–Crippen LogP) is 3.03. The Hall–Kier alpha value is -2.08. The third-order valence-electron chi connectivity index (χ3n) is 4.84. The van der Waals surface area contributed by atoms with Gasteiger partial charge in [0.2, 0.25) is 0 Å². The molecule has 2 aromatic rings. The fourth-order valence-electron chi connectivity index (χ4n) is 3.36. The molecule has 26 heavy (non-hydrogen) atoms. The molecule has 0 bridgehead atoms. The highest BCUT2D eigenvalue weighted by Crippen LogP contribution is 2.27. The van der Waals surface area contributed by atoms with E-state index >= 15 is 0 Å². The van der Waals surface area contributed by atoms with E-state index in [-0.39, 0.29) is 24.0 Å². The summed E-state index contributed by atoms with van der Waals surface area (Å²) in [4.78, 5) is 10.9. The molecule has 0 spiro atoms. The summed E-state index contributed by atoms with van der Waals surface area (Å²) < 4.78 is 2.19. The van der Waals surface area contributed by atoms with Crippen LogP contribution in [0.15, 0.2) is 48.0 Å². The number of halogens is 1. The van der Waals surface area contributed by atoms with Gasteiger partial charge in [0.1, 0.15) is 0 Å². The van der Waals surface area contributed by atoms with Gasteiger partial charge in [0.05, 0.1) is 24.0 Å². The van der Waals surface area contributed by atoms with Crippen molar-refractivity contribution >= 4 is 29.9 Å². The Labute approximate surface area is 172 Å². The fraction of sp³-hybridized carbons (Fsp3) is 0.421. The first-order chi connectivity index (χ1) is 12.2. The van der Waals surface area contributed by atoms with E-state index in [1.165, 1.54) is 0 Å². The number of aromatic nitrogens is 2. The second-order valence-electron chi connectivity index (χ2n) is 6.50. The van der Waals surface area contributed by atoms with Gasteiger partial charge in [-0.15, -0.1) is 24.0 Å². The van der Waals surface area contributed by atoms with E-state index in [1.807, 2.05) is 50.0 Å². The predicted molar refractivity (Wildman–Crippen MR) is 113 cm³/mol. The quantitative estimate of drug-likeness (QED) is 0.431. The van der Waals surface area contributed by atoms with Crippen molar-refractivity contribution in [2.75, 3.05) is 20.1 Å². The van der Waals surface area contributed by atoms with Crippen LogP contribution in [0, 0.1) is 17.2 Å². The van der Waals surface area contributed by atoms with Crippen molar-refractivity contribution in [2.24, 2.45) is 10.9 Å². The van der Waals surface area contributed by atoms with Gasteiger partial charge in [0.25, 0.3) is 0 Å². The number of imidazole rings is 1. The number of rotatable bonds is 3. The van der Waals surface area contributed by atoms with Crippen molar-refractivity contribution in [2.45, 2.75) is 25.9 Å². The van der Waals surface area contributed by atoms with Crippen LogP contribution in [-0.2, 0) is 6.54 Å². The van der Waals surface area contributed by atoms with Crippen LogP contribution in [-0.4, -0.2) is 40.5 Å². The normalized spacial score (nSPS) is 20.2. The van der Waals surface area contributed by atoms with E-state index in [0.29, 0.717) is 24.1 Å². The van der Waals surface area contributed by atoms with E-state index in [2.05, 4.69) is 37.8 Å². The third kappa shape index (κ3) is 4.75. The molecule has 0 radical (unpaired) electrons. The van der Waals surface area contributed by atoms with Gasteiger partial charge in [-0.1, -0.05) is 19.1 Å². The van der Waals surface area contributed by atoms with Crippen LogP contribution in [0.5, 0.6) is 0 Å². The Balaban J connectivity index is 0.00000243. The molecule has 138 valence electrons. The third-order valence-corrected chi connectivity index (χ3v) is 4.84. The van der Waals surface area contributed by atoms with Gasteiger partial charge in [-0.2, -0.15) is 5.26 Å². The van der Waals surface area contributed by atoms with Gasteiger partial charge in [-0.05, 0) is 30.0 Å². The summed E-state index contributed by atoms with van der Waals surface area (Å²) in [6, 6.07) is 10.2. The summed E-state index contributed by atoms with van der Waals surface area (Å²) >= 11 is 0. The SMILES string of the molecule is CN=C(NCc1cccc(C#N)c1)N1CCC(C)C(n2ccnc2)C1.I. The Kier molecular flexibility index (Phi) is 7.45. The molecule has 2 heterocycles. The molecular formula is C19H25IN6. The Morgan fingerprint density at radius 2 is 2.31 bits per heavy atom. The molecular weight excluding hydrogens is 439 g/mol. The highest BCUT2D eigenvalue weighted by Gasteiger charge is 2.28. The molecule has 1 aromatic heterocycles. The van der Waals surface area contributed by atoms with Crippen molar-refractivity contribution in [1.82, 2.24) is 19.8 Å². The van der Waals surface area contributed by atoms with Gasteiger partial charge in [0, 0.05) is 39.1 Å². The van der Waals surface area contributed by atoms with Gasteiger partial charge in [0.15, 0.2) is 5.96 Å². The molecule has 1 saturated heterocycles. The zero-order valence-electron chi connectivity index (χ0n) is 15.2. The summed E-state index contributed by atoms with van der Waals surface area (Å²) in [5.74, 6) is 1.51. The summed E-state index contributed by atoms with van der Waals surface area (Å²) in [6.07, 6.45) is 6.89. The fourth-order valence-corrected chi connectivity index (χ4v) is 3.36. The molecule has 1 N–H and O–H groups in total. The molecule has 6 nitrogen and oxygen atoms in total. The van der Waals surface area contributed by atoms with Gasteiger partial charge < -0.3 is 14.8 Å². The molecule has 0 amide bonds. The minimum Gasteiger partial charge on any atom is -0.352 e. The summed E-state index contributed by atoms with van der Waals surface area (Å²) in [5, 5.41) is 12.5. The van der Waals surface area contributed by atoms with Crippen LogP contribution in [0.2, 0.25) is 0 Å². The molecule has 2 atom stereocenters. The van der Waals surface area contributed by atoms with Crippen LogP contribution in [0.25, 0.3) is 0 Å². The van der Waals surface area contributed by atoms with Crippen LogP contribution in [0.1, 0.15) is 30.5 Å². The molecule has 3 rings (SSSR count). The lowest BCUT2D eigenvalue weighted by Crippen LogP contribution is -2.48. The minimum atomic E-state index is 0. The summed E-state index contributed by atoms with van der Waals surface area (Å²) in [6.45, 7) is 4.86. The van der Waals surface area contributed by atoms with Crippen molar-refractivity contribution < 1.29 is 0 Å². The van der Waals surface area contributed by atoms with Crippen molar-refractivity contribution in [3.05, 3.63) is 54.1 Å². The zero-order valence-corrected chi connectivity index (χ0v) is 17.5. The maximum atomic E-state index is 9.02. The molecule has 1 aliphatic rings. The maximum absolute atomic E-state index is 9.02. The van der Waals surface area contributed by atoms with Crippen LogP contribution < -0.4 is 5.32 Å². The molecule has 0 aliphatic carbocycles. The van der Waals surface area contributed by atoms with E-state index < -0.39 is 0 Å². The molecule has 7 heteroatoms. The summed E-state index contributed by atoms with van der Waals surface area (Å²) in [7, 11) is 1.82. The monoisotopic (exact) mass is 464 g/mol. The van der Waals surface area contributed by atoms with E-state index in [4.69, 9.17) is 5.26 Å². The standard InChI is InChI=1S/C19H24N6.HI/c1-15-6-8-24(13-18(15)25-9-7-22-14-25)19(21-2)23-12-17-5-3-4-16(10-17)11-20;/h3-5,7,9-10,14-15,18H,6,8,12-13H2,1-2H3,(H,21,23);1H. The minimum absolute atomic E-state index is 0. The number of hydrogen-bond acceptors (Lipinski definition) is 3. The van der Waals surface area contributed by atoms with Crippen molar-refractivity contribution in [1.29, 1.82) is 5.26 Å². The lowest BCUT2D eigenvalue weighted by atomic mass is 9.93. The smallest absolute Gasteiger partial charge is 0.193 e. The molecule has 1 fully saturated rings. The molecule has 2 unspecified atom stereocenters. The number of likely N-dealkylation sites (tertiary alicyclic amines) is 1. The van der Waals surface area contributed by atoms with Gasteiger partial charge >= 0.3 is 0 Å². The number of nitriles is 1. The van der Waals surface area contributed by atoms with Crippen LogP contribution in [0.3, 0.4) is 0 Å². The highest BCUT2D eigenvalue weighted by molar-refractivity contribution is 14.0. The van der Waals surface area contributed by atoms with Crippen molar-refractivity contribution in [3.8, 4) is 6.07 Å². The Morgan fingerprint density at radius 3 is 3.00 bits per heavy atom. The zero-order chi connectivity index (χ0) is 17.6.